The van der Waals surface area contributed by atoms with E-state index in [1.54, 1.807) is 12.1 Å². The Morgan fingerprint density at radius 1 is 1.09 bits per heavy atom. The van der Waals surface area contributed by atoms with Crippen LogP contribution in [0.25, 0.3) is 0 Å². The Morgan fingerprint density at radius 2 is 1.77 bits per heavy atom. The van der Waals surface area contributed by atoms with Gasteiger partial charge in [0.1, 0.15) is 0 Å². The van der Waals surface area contributed by atoms with Crippen molar-refractivity contribution in [1.82, 2.24) is 9.62 Å². The maximum absolute atomic E-state index is 12.4. The lowest BCUT2D eigenvalue weighted by Gasteiger charge is -2.25. The Morgan fingerprint density at radius 3 is 2.36 bits per heavy atom. The predicted molar refractivity (Wildman–Crippen MR) is 89.5 cm³/mol. The van der Waals surface area contributed by atoms with Crippen LogP contribution in [-0.4, -0.2) is 34.0 Å². The van der Waals surface area contributed by atoms with Crippen molar-refractivity contribution in [2.24, 2.45) is 0 Å². The highest BCUT2D eigenvalue weighted by Gasteiger charge is 2.19. The van der Waals surface area contributed by atoms with Gasteiger partial charge in [-0.05, 0) is 37.9 Å². The monoisotopic (exact) mass is 338 g/mol. The van der Waals surface area contributed by atoms with Gasteiger partial charge < -0.3 is 4.90 Å². The number of halogens is 1. The lowest BCUT2D eigenvalue weighted by atomic mass is 10.1. The van der Waals surface area contributed by atoms with Gasteiger partial charge in [0.25, 0.3) is 0 Å². The van der Waals surface area contributed by atoms with Crippen LogP contribution in [-0.2, 0) is 10.0 Å². The number of nitrogens with one attached hydrogen (secondary N) is 1. The van der Waals surface area contributed by atoms with E-state index in [1.807, 2.05) is 49.3 Å². The molecule has 0 radical (unpaired) electrons. The molecule has 2 aromatic carbocycles. The van der Waals surface area contributed by atoms with Crippen molar-refractivity contribution in [3.8, 4) is 0 Å². The molecule has 1 unspecified atom stereocenters. The van der Waals surface area contributed by atoms with E-state index in [-0.39, 0.29) is 17.5 Å². The number of nitrogens with zero attached hydrogens (tertiary/aromatic N) is 1. The molecule has 0 amide bonds. The van der Waals surface area contributed by atoms with Crippen molar-refractivity contribution in [3.05, 3.63) is 65.2 Å². The zero-order valence-electron chi connectivity index (χ0n) is 12.5. The molecular weight excluding hydrogens is 320 g/mol. The van der Waals surface area contributed by atoms with Crippen LogP contribution in [0.2, 0.25) is 5.02 Å². The molecule has 0 aromatic heterocycles. The standard InChI is InChI=1S/C16H19ClN2O2S/c1-19(2)16(13-7-4-3-5-8-13)12-18-22(20,21)15-10-6-9-14(17)11-15/h3-11,16,18H,12H2,1-2H3. The number of hydrogen-bond acceptors (Lipinski definition) is 3. The smallest absolute Gasteiger partial charge is 0.240 e. The molecular formula is C16H19ClN2O2S. The second kappa shape index (κ2) is 7.24. The van der Waals surface area contributed by atoms with E-state index < -0.39 is 10.0 Å². The van der Waals surface area contributed by atoms with Crippen LogP contribution in [0.3, 0.4) is 0 Å². The van der Waals surface area contributed by atoms with Gasteiger partial charge in [-0.25, -0.2) is 13.1 Å². The maximum Gasteiger partial charge on any atom is 0.240 e. The van der Waals surface area contributed by atoms with Gasteiger partial charge in [0.05, 0.1) is 4.90 Å². The fourth-order valence-electron chi connectivity index (χ4n) is 2.18. The minimum Gasteiger partial charge on any atom is -0.301 e. The van der Waals surface area contributed by atoms with Gasteiger partial charge in [-0.1, -0.05) is 48.0 Å². The predicted octanol–water partition coefficient (Wildman–Crippen LogP) is 2.92. The molecule has 0 spiro atoms. The summed E-state index contributed by atoms with van der Waals surface area (Å²) in [6.45, 7) is 0.284. The average molecular weight is 339 g/mol. The van der Waals surface area contributed by atoms with E-state index in [4.69, 9.17) is 11.6 Å². The molecule has 0 saturated carbocycles. The summed E-state index contributed by atoms with van der Waals surface area (Å²) in [5, 5.41) is 0.398. The Kier molecular flexibility index (Phi) is 5.58. The molecule has 1 N–H and O–H groups in total. The molecule has 0 fully saturated rings. The molecule has 0 aliphatic rings. The van der Waals surface area contributed by atoms with Crippen molar-refractivity contribution < 1.29 is 8.42 Å². The van der Waals surface area contributed by atoms with Crippen LogP contribution in [0.1, 0.15) is 11.6 Å². The van der Waals surface area contributed by atoms with Crippen LogP contribution in [0.5, 0.6) is 0 Å². The zero-order valence-corrected chi connectivity index (χ0v) is 14.1. The summed E-state index contributed by atoms with van der Waals surface area (Å²) in [6, 6.07) is 16.0. The van der Waals surface area contributed by atoms with Gasteiger partial charge >= 0.3 is 0 Å². The van der Waals surface area contributed by atoms with E-state index in [1.165, 1.54) is 12.1 Å². The SMILES string of the molecule is CN(C)C(CNS(=O)(=O)c1cccc(Cl)c1)c1ccccc1. The molecule has 0 aliphatic carbocycles. The molecule has 4 nitrogen and oxygen atoms in total. The van der Waals surface area contributed by atoms with E-state index in [9.17, 15) is 8.42 Å². The Bertz CT molecular complexity index is 718. The minimum atomic E-state index is -3.58. The second-order valence-electron chi connectivity index (χ2n) is 5.20. The minimum absolute atomic E-state index is 0.0461. The largest absolute Gasteiger partial charge is 0.301 e. The maximum atomic E-state index is 12.4. The number of rotatable bonds is 6. The fraction of sp³-hybridized carbons (Fsp3) is 0.250. The lowest BCUT2D eigenvalue weighted by molar-refractivity contribution is 0.299. The van der Waals surface area contributed by atoms with E-state index in [2.05, 4.69) is 4.72 Å². The third-order valence-corrected chi connectivity index (χ3v) is 5.04. The summed E-state index contributed by atoms with van der Waals surface area (Å²) in [7, 11) is 0.263. The summed E-state index contributed by atoms with van der Waals surface area (Å²) >= 11 is 5.86. The van der Waals surface area contributed by atoms with Crippen molar-refractivity contribution in [2.45, 2.75) is 10.9 Å². The molecule has 0 saturated heterocycles. The molecule has 22 heavy (non-hydrogen) atoms. The Balaban J connectivity index is 2.16. The van der Waals surface area contributed by atoms with Crippen LogP contribution in [0.4, 0.5) is 0 Å². The van der Waals surface area contributed by atoms with Crippen LogP contribution >= 0.6 is 11.6 Å². The Hall–Kier alpha value is -1.40. The highest BCUT2D eigenvalue weighted by molar-refractivity contribution is 7.89. The third kappa shape index (κ3) is 4.30. The van der Waals surface area contributed by atoms with Gasteiger partial charge in [-0.15, -0.1) is 0 Å². The van der Waals surface area contributed by atoms with E-state index >= 15 is 0 Å². The van der Waals surface area contributed by atoms with E-state index in [0.717, 1.165) is 5.56 Å². The highest BCUT2D eigenvalue weighted by atomic mass is 35.5. The summed E-state index contributed by atoms with van der Waals surface area (Å²) in [4.78, 5) is 2.15. The summed E-state index contributed by atoms with van der Waals surface area (Å²) in [6.07, 6.45) is 0. The first-order valence-electron chi connectivity index (χ1n) is 6.87. The number of likely N-dealkylation sites (N-methyl/N-ethyl adjacent to an activating group) is 1. The summed E-state index contributed by atoms with van der Waals surface area (Å²) in [5.41, 5.74) is 1.06. The first-order valence-corrected chi connectivity index (χ1v) is 8.73. The van der Waals surface area contributed by atoms with Crippen molar-refractivity contribution >= 4 is 21.6 Å². The number of hydrogen-bond donors (Lipinski definition) is 1. The molecule has 118 valence electrons. The normalized spacial score (nSPS) is 13.3. The van der Waals surface area contributed by atoms with Crippen LogP contribution in [0, 0.1) is 0 Å². The molecule has 1 atom stereocenters. The lowest BCUT2D eigenvalue weighted by Crippen LogP contribution is -2.34. The summed E-state index contributed by atoms with van der Waals surface area (Å²) in [5.74, 6) is 0. The van der Waals surface area contributed by atoms with Crippen molar-refractivity contribution in [1.29, 1.82) is 0 Å². The molecule has 2 aromatic rings. The molecule has 2 rings (SSSR count). The van der Waals surface area contributed by atoms with Crippen molar-refractivity contribution in [3.63, 3.8) is 0 Å². The topological polar surface area (TPSA) is 49.4 Å². The first kappa shape index (κ1) is 17.0. The highest BCUT2D eigenvalue weighted by Crippen LogP contribution is 2.19. The first-order chi connectivity index (χ1) is 10.4. The molecule has 0 heterocycles. The molecule has 0 aliphatic heterocycles. The van der Waals surface area contributed by atoms with Gasteiger partial charge in [-0.3, -0.25) is 0 Å². The van der Waals surface area contributed by atoms with E-state index in [0.29, 0.717) is 5.02 Å². The van der Waals surface area contributed by atoms with Crippen LogP contribution in [0.15, 0.2) is 59.5 Å². The summed E-state index contributed by atoms with van der Waals surface area (Å²) < 4.78 is 27.4. The van der Waals surface area contributed by atoms with Gasteiger partial charge in [0, 0.05) is 17.6 Å². The molecule has 6 heteroatoms. The second-order valence-corrected chi connectivity index (χ2v) is 7.40. The third-order valence-electron chi connectivity index (χ3n) is 3.38. The van der Waals surface area contributed by atoms with Gasteiger partial charge in [0.2, 0.25) is 10.0 Å². The van der Waals surface area contributed by atoms with Crippen LogP contribution < -0.4 is 4.72 Å². The van der Waals surface area contributed by atoms with Crippen molar-refractivity contribution in [2.75, 3.05) is 20.6 Å². The number of sulfonamides is 1. The van der Waals surface area contributed by atoms with Gasteiger partial charge in [0.15, 0.2) is 0 Å². The average Bonchev–Trinajstić information content (AvgIpc) is 2.48. The quantitative estimate of drug-likeness (QED) is 0.881. The fourth-order valence-corrected chi connectivity index (χ4v) is 3.52. The molecule has 0 bridgehead atoms. The zero-order chi connectivity index (χ0) is 16.2. The Labute approximate surface area is 136 Å². The van der Waals surface area contributed by atoms with Gasteiger partial charge in [-0.2, -0.15) is 0 Å². The number of benzene rings is 2.